The van der Waals surface area contributed by atoms with Gasteiger partial charge in [-0.25, -0.2) is 8.78 Å². The average molecular weight is 349 g/mol. The normalized spacial score (nSPS) is 34.0. The third-order valence-electron chi connectivity index (χ3n) is 6.64. The molecule has 0 saturated heterocycles. The summed E-state index contributed by atoms with van der Waals surface area (Å²) in [5.41, 5.74) is 0.242. The van der Waals surface area contributed by atoms with Gasteiger partial charge in [-0.15, -0.1) is 0 Å². The summed E-state index contributed by atoms with van der Waals surface area (Å²) in [5, 5.41) is 3.10. The Bertz CT molecular complexity index is 640. The van der Waals surface area contributed by atoms with E-state index in [1.54, 1.807) is 0 Å². The molecular formula is C20H25F2NO2. The molecular weight excluding hydrogens is 324 g/mol. The first-order valence-corrected chi connectivity index (χ1v) is 9.31. The quantitative estimate of drug-likeness (QED) is 0.870. The molecule has 0 aromatic heterocycles. The molecule has 5 rings (SSSR count). The van der Waals surface area contributed by atoms with Gasteiger partial charge in [-0.2, -0.15) is 0 Å². The first-order valence-electron chi connectivity index (χ1n) is 9.31. The van der Waals surface area contributed by atoms with Crippen LogP contribution in [0.2, 0.25) is 0 Å². The highest BCUT2D eigenvalue weighted by molar-refractivity contribution is 5.77. The van der Waals surface area contributed by atoms with Crippen LogP contribution in [-0.4, -0.2) is 18.6 Å². The van der Waals surface area contributed by atoms with Gasteiger partial charge in [0.05, 0.1) is 0 Å². The number of halogens is 2. The van der Waals surface area contributed by atoms with Gasteiger partial charge < -0.3 is 10.1 Å². The summed E-state index contributed by atoms with van der Waals surface area (Å²) in [6, 6.07) is 3.42. The number of carbonyl (C=O) groups is 1. The van der Waals surface area contributed by atoms with E-state index in [2.05, 4.69) is 12.2 Å². The van der Waals surface area contributed by atoms with Gasteiger partial charge in [-0.1, -0.05) is 0 Å². The highest BCUT2D eigenvalue weighted by atomic mass is 19.2. The van der Waals surface area contributed by atoms with Crippen LogP contribution >= 0.6 is 0 Å². The molecule has 4 aliphatic carbocycles. The highest BCUT2D eigenvalue weighted by Gasteiger charge is 2.53. The Morgan fingerprint density at radius 3 is 2.32 bits per heavy atom. The molecule has 5 heteroatoms. The van der Waals surface area contributed by atoms with E-state index in [1.165, 1.54) is 44.6 Å². The van der Waals surface area contributed by atoms with Crippen molar-refractivity contribution in [2.45, 2.75) is 51.5 Å². The van der Waals surface area contributed by atoms with E-state index in [0.29, 0.717) is 0 Å². The third kappa shape index (κ3) is 3.25. The lowest BCUT2D eigenvalue weighted by Crippen LogP contribution is -2.56. The van der Waals surface area contributed by atoms with E-state index in [9.17, 15) is 13.6 Å². The Balaban J connectivity index is 1.34. The Morgan fingerprint density at radius 1 is 1.16 bits per heavy atom. The number of ether oxygens (including phenoxy) is 1. The summed E-state index contributed by atoms with van der Waals surface area (Å²) >= 11 is 0. The minimum Gasteiger partial charge on any atom is -0.484 e. The van der Waals surface area contributed by atoms with Crippen LogP contribution < -0.4 is 10.1 Å². The van der Waals surface area contributed by atoms with Gasteiger partial charge >= 0.3 is 0 Å². The Hall–Kier alpha value is -1.65. The van der Waals surface area contributed by atoms with Crippen LogP contribution in [0.15, 0.2) is 18.2 Å². The van der Waals surface area contributed by atoms with Crippen LogP contribution in [0.5, 0.6) is 5.75 Å². The number of nitrogens with one attached hydrogen (secondary N) is 1. The van der Waals surface area contributed by atoms with Crippen LogP contribution in [0.3, 0.4) is 0 Å². The smallest absolute Gasteiger partial charge is 0.258 e. The van der Waals surface area contributed by atoms with Crippen molar-refractivity contribution in [2.75, 3.05) is 6.61 Å². The number of hydrogen-bond acceptors (Lipinski definition) is 2. The predicted octanol–water partition coefficient (Wildman–Crippen LogP) is 4.06. The van der Waals surface area contributed by atoms with E-state index in [-0.39, 0.29) is 29.7 Å². The molecule has 4 bridgehead atoms. The number of hydrogen-bond donors (Lipinski definition) is 1. The van der Waals surface area contributed by atoms with Gasteiger partial charge in [-0.3, -0.25) is 4.79 Å². The van der Waals surface area contributed by atoms with Crippen molar-refractivity contribution in [1.82, 2.24) is 5.32 Å². The molecule has 0 aliphatic heterocycles. The fraction of sp³-hybridized carbons (Fsp3) is 0.650. The maximum atomic E-state index is 13.2. The van der Waals surface area contributed by atoms with Crippen molar-refractivity contribution in [1.29, 1.82) is 0 Å². The lowest BCUT2D eigenvalue weighted by atomic mass is 9.48. The number of amides is 1. The molecule has 4 saturated carbocycles. The first kappa shape index (κ1) is 16.8. The molecule has 1 aromatic rings. The Morgan fingerprint density at radius 2 is 1.76 bits per heavy atom. The summed E-state index contributed by atoms with van der Waals surface area (Å²) in [6.07, 6.45) is 7.80. The molecule has 3 nitrogen and oxygen atoms in total. The summed E-state index contributed by atoms with van der Waals surface area (Å²) < 4.78 is 31.4. The Labute approximate surface area is 147 Å². The van der Waals surface area contributed by atoms with E-state index in [0.717, 1.165) is 29.9 Å². The second-order valence-corrected chi connectivity index (χ2v) is 8.43. The summed E-state index contributed by atoms with van der Waals surface area (Å²) in [4.78, 5) is 12.3. The van der Waals surface area contributed by atoms with Crippen LogP contribution in [0.1, 0.15) is 45.4 Å². The van der Waals surface area contributed by atoms with Gasteiger partial charge in [0, 0.05) is 12.1 Å². The standard InChI is InChI=1S/C20H25F2NO2/c1-12(20-8-13-4-14(9-20)6-15(5-13)10-20)23-19(24)11-25-16-2-3-17(21)18(22)7-16/h2-3,7,12-15H,4-6,8-11H2,1H3,(H,23,24)/t12-,13?,14?,15?,20?/m1/s1. The molecule has 0 radical (unpaired) electrons. The minimum atomic E-state index is -0.972. The van der Waals surface area contributed by atoms with Crippen LogP contribution in [0.4, 0.5) is 8.78 Å². The van der Waals surface area contributed by atoms with Crippen molar-refractivity contribution < 1.29 is 18.3 Å². The lowest BCUT2D eigenvalue weighted by Gasteiger charge is -2.59. The minimum absolute atomic E-state index is 0.127. The van der Waals surface area contributed by atoms with E-state index in [1.807, 2.05) is 0 Å². The monoisotopic (exact) mass is 349 g/mol. The largest absolute Gasteiger partial charge is 0.484 e. The van der Waals surface area contributed by atoms with Crippen molar-refractivity contribution in [3.63, 3.8) is 0 Å². The van der Waals surface area contributed by atoms with Gasteiger partial charge in [0.2, 0.25) is 0 Å². The van der Waals surface area contributed by atoms with Gasteiger partial charge in [0.1, 0.15) is 5.75 Å². The summed E-state index contributed by atoms with van der Waals surface area (Å²) in [6.45, 7) is 1.93. The zero-order chi connectivity index (χ0) is 17.6. The summed E-state index contributed by atoms with van der Waals surface area (Å²) in [7, 11) is 0. The SMILES string of the molecule is C[C@@H](NC(=O)COc1ccc(F)c(F)c1)C12CC3CC(CC(C3)C1)C2. The van der Waals surface area contributed by atoms with Gasteiger partial charge in [0.25, 0.3) is 5.91 Å². The molecule has 136 valence electrons. The molecule has 25 heavy (non-hydrogen) atoms. The van der Waals surface area contributed by atoms with Crippen molar-refractivity contribution >= 4 is 5.91 Å². The van der Waals surface area contributed by atoms with Crippen molar-refractivity contribution in [3.8, 4) is 5.75 Å². The number of benzene rings is 1. The van der Waals surface area contributed by atoms with Gasteiger partial charge in [0.15, 0.2) is 18.2 Å². The van der Waals surface area contributed by atoms with Crippen LogP contribution in [0, 0.1) is 34.8 Å². The van der Waals surface area contributed by atoms with Gasteiger partial charge in [-0.05, 0) is 80.8 Å². The topological polar surface area (TPSA) is 38.3 Å². The molecule has 0 spiro atoms. The molecule has 4 aliphatic rings. The number of carbonyl (C=O) groups excluding carboxylic acids is 1. The van der Waals surface area contributed by atoms with Crippen LogP contribution in [0.25, 0.3) is 0 Å². The maximum absolute atomic E-state index is 13.2. The second-order valence-electron chi connectivity index (χ2n) is 8.43. The molecule has 1 N–H and O–H groups in total. The van der Waals surface area contributed by atoms with E-state index in [4.69, 9.17) is 4.74 Å². The molecule has 4 fully saturated rings. The average Bonchev–Trinajstić information content (AvgIpc) is 2.54. The molecule has 1 atom stereocenters. The zero-order valence-corrected chi connectivity index (χ0v) is 14.6. The highest BCUT2D eigenvalue weighted by Crippen LogP contribution is 2.61. The first-order chi connectivity index (χ1) is 11.9. The zero-order valence-electron chi connectivity index (χ0n) is 14.6. The second kappa shape index (κ2) is 6.26. The van der Waals surface area contributed by atoms with E-state index >= 15 is 0 Å². The molecule has 0 unspecified atom stereocenters. The fourth-order valence-corrected chi connectivity index (χ4v) is 5.86. The Kier molecular flexibility index (Phi) is 4.20. The molecule has 0 heterocycles. The fourth-order valence-electron chi connectivity index (χ4n) is 5.86. The van der Waals surface area contributed by atoms with E-state index < -0.39 is 11.6 Å². The molecule has 1 amide bonds. The number of rotatable bonds is 5. The summed E-state index contributed by atoms with van der Waals surface area (Å²) in [5.74, 6) is 0.577. The van der Waals surface area contributed by atoms with Crippen LogP contribution in [-0.2, 0) is 4.79 Å². The van der Waals surface area contributed by atoms with Crippen molar-refractivity contribution in [3.05, 3.63) is 29.8 Å². The third-order valence-corrected chi connectivity index (χ3v) is 6.64. The predicted molar refractivity (Wildman–Crippen MR) is 90.1 cm³/mol. The maximum Gasteiger partial charge on any atom is 0.258 e. The lowest BCUT2D eigenvalue weighted by molar-refractivity contribution is -0.127. The molecule has 1 aromatic carbocycles. The van der Waals surface area contributed by atoms with Crippen molar-refractivity contribution in [2.24, 2.45) is 23.2 Å².